The molecular formula is C12H16N4O2S. The van der Waals surface area contributed by atoms with E-state index in [0.29, 0.717) is 10.8 Å². The van der Waals surface area contributed by atoms with Crippen LogP contribution in [0, 0.1) is 15.5 Å². The quantitative estimate of drug-likeness (QED) is 0.689. The first kappa shape index (κ1) is 12.4. The first-order valence-electron chi connectivity index (χ1n) is 6.43. The fourth-order valence-electron chi connectivity index (χ4n) is 2.77. The Balaban J connectivity index is 1.85. The van der Waals surface area contributed by atoms with Crippen LogP contribution in [-0.2, 0) is 0 Å². The maximum Gasteiger partial charge on any atom is 0.372 e. The molecule has 0 amide bonds. The molecule has 0 aromatic carbocycles. The van der Waals surface area contributed by atoms with Gasteiger partial charge in [-0.2, -0.15) is 9.38 Å². The molecule has 3 rings (SSSR count). The summed E-state index contributed by atoms with van der Waals surface area (Å²) >= 11 is 1.40. The largest absolute Gasteiger partial charge is 0.372 e. The number of nitrogens with one attached hydrogen (secondary N) is 1. The number of hydrogen-bond acceptors (Lipinski definition) is 5. The molecule has 0 unspecified atom stereocenters. The van der Waals surface area contributed by atoms with E-state index in [-0.39, 0.29) is 16.2 Å². The number of fused-ring (bicyclic) bond motifs is 1. The summed E-state index contributed by atoms with van der Waals surface area (Å²) < 4.78 is 1.53. The molecule has 0 bridgehead atoms. The van der Waals surface area contributed by atoms with Crippen molar-refractivity contribution in [3.8, 4) is 0 Å². The Hall–Kier alpha value is -1.63. The monoisotopic (exact) mass is 280 g/mol. The Kier molecular flexibility index (Phi) is 2.93. The van der Waals surface area contributed by atoms with E-state index in [9.17, 15) is 10.1 Å². The first-order chi connectivity index (χ1) is 9.09. The molecule has 7 heteroatoms. The Bertz CT molecular complexity index is 612. The van der Waals surface area contributed by atoms with E-state index >= 15 is 0 Å². The zero-order valence-electron chi connectivity index (χ0n) is 10.8. The average molecular weight is 280 g/mol. The second-order valence-electron chi connectivity index (χ2n) is 5.47. The van der Waals surface area contributed by atoms with E-state index in [1.807, 2.05) is 0 Å². The average Bonchev–Trinajstić information content (AvgIpc) is 3.00. The lowest BCUT2D eigenvalue weighted by molar-refractivity contribution is -0.389. The lowest BCUT2D eigenvalue weighted by Crippen LogP contribution is -2.23. The molecule has 102 valence electrons. The maximum atomic E-state index is 11.2. The van der Waals surface area contributed by atoms with Crippen LogP contribution in [0.5, 0.6) is 0 Å². The summed E-state index contributed by atoms with van der Waals surface area (Å²) in [5.74, 6) is 0.433. The van der Waals surface area contributed by atoms with Gasteiger partial charge in [-0.1, -0.05) is 31.1 Å². The molecular weight excluding hydrogens is 264 g/mol. The molecule has 1 aliphatic rings. The standard InChI is InChI=1S/C12H16N4O2S/c1-12(4-2-3-5-12)8-13-9-10(16(17)18)15-6-7-19-11(15)14-9/h6-7,13H,2-5,8H2,1H3. The van der Waals surface area contributed by atoms with E-state index in [2.05, 4.69) is 17.2 Å². The van der Waals surface area contributed by atoms with Gasteiger partial charge in [0.15, 0.2) is 0 Å². The molecule has 0 atom stereocenters. The van der Waals surface area contributed by atoms with E-state index in [1.165, 1.54) is 41.4 Å². The second-order valence-corrected chi connectivity index (χ2v) is 6.34. The van der Waals surface area contributed by atoms with Crippen LogP contribution in [0.15, 0.2) is 11.6 Å². The molecule has 19 heavy (non-hydrogen) atoms. The Morgan fingerprint density at radius 1 is 1.58 bits per heavy atom. The summed E-state index contributed by atoms with van der Waals surface area (Å²) in [6.45, 7) is 2.98. The zero-order valence-corrected chi connectivity index (χ0v) is 11.6. The number of imidazole rings is 1. The summed E-state index contributed by atoms with van der Waals surface area (Å²) in [7, 11) is 0. The van der Waals surface area contributed by atoms with Gasteiger partial charge in [0.25, 0.3) is 4.96 Å². The third-order valence-corrected chi connectivity index (χ3v) is 4.66. The molecule has 0 spiro atoms. The zero-order chi connectivity index (χ0) is 13.5. The first-order valence-corrected chi connectivity index (χ1v) is 7.31. The van der Waals surface area contributed by atoms with Crippen molar-refractivity contribution in [2.45, 2.75) is 32.6 Å². The summed E-state index contributed by atoms with van der Waals surface area (Å²) in [6, 6.07) is 0. The molecule has 1 saturated carbocycles. The molecule has 1 aliphatic carbocycles. The highest BCUT2D eigenvalue weighted by Crippen LogP contribution is 2.38. The third-order valence-electron chi connectivity index (χ3n) is 3.90. The number of thiazole rings is 1. The van der Waals surface area contributed by atoms with E-state index < -0.39 is 0 Å². The fourth-order valence-corrected chi connectivity index (χ4v) is 3.48. The van der Waals surface area contributed by atoms with Crippen molar-refractivity contribution in [2.75, 3.05) is 11.9 Å². The number of anilines is 1. The van der Waals surface area contributed by atoms with Crippen LogP contribution in [0.25, 0.3) is 4.96 Å². The Labute approximate surface area is 114 Å². The molecule has 0 aliphatic heterocycles. The maximum absolute atomic E-state index is 11.2. The second kappa shape index (κ2) is 4.48. The van der Waals surface area contributed by atoms with Gasteiger partial charge in [0.1, 0.15) is 6.20 Å². The van der Waals surface area contributed by atoms with Crippen LogP contribution in [-0.4, -0.2) is 20.9 Å². The van der Waals surface area contributed by atoms with Crippen LogP contribution in [0.1, 0.15) is 32.6 Å². The van der Waals surface area contributed by atoms with E-state index in [1.54, 1.807) is 11.6 Å². The molecule has 2 aromatic rings. The summed E-state index contributed by atoms with van der Waals surface area (Å²) in [5.41, 5.74) is 0.241. The number of hydrogen-bond donors (Lipinski definition) is 1. The van der Waals surface area contributed by atoms with Crippen molar-refractivity contribution in [3.05, 3.63) is 21.7 Å². The summed E-state index contributed by atoms with van der Waals surface area (Å²) in [6.07, 6.45) is 6.54. The van der Waals surface area contributed by atoms with Crippen LogP contribution in [0.3, 0.4) is 0 Å². The highest BCUT2D eigenvalue weighted by Gasteiger charge is 2.30. The fraction of sp³-hybridized carbons (Fsp3) is 0.583. The predicted octanol–water partition coefficient (Wildman–Crippen LogP) is 3.30. The molecule has 0 radical (unpaired) electrons. The lowest BCUT2D eigenvalue weighted by Gasteiger charge is -2.23. The van der Waals surface area contributed by atoms with Gasteiger partial charge in [-0.05, 0) is 23.2 Å². The highest BCUT2D eigenvalue weighted by molar-refractivity contribution is 7.15. The van der Waals surface area contributed by atoms with Gasteiger partial charge in [0.05, 0.1) is 0 Å². The topological polar surface area (TPSA) is 72.5 Å². The molecule has 1 fully saturated rings. The molecule has 1 N–H and O–H groups in total. The highest BCUT2D eigenvalue weighted by atomic mass is 32.1. The third kappa shape index (κ3) is 2.18. The normalized spacial score (nSPS) is 17.9. The van der Waals surface area contributed by atoms with Crippen molar-refractivity contribution in [3.63, 3.8) is 0 Å². The number of rotatable bonds is 4. The summed E-state index contributed by atoms with van der Waals surface area (Å²) in [5, 5.41) is 16.2. The van der Waals surface area contributed by atoms with Crippen LogP contribution in [0.4, 0.5) is 11.6 Å². The van der Waals surface area contributed by atoms with E-state index in [4.69, 9.17) is 0 Å². The van der Waals surface area contributed by atoms with Crippen LogP contribution in [0.2, 0.25) is 0 Å². The van der Waals surface area contributed by atoms with Crippen molar-refractivity contribution < 1.29 is 4.92 Å². The van der Waals surface area contributed by atoms with Crippen molar-refractivity contribution in [2.24, 2.45) is 5.41 Å². The smallest absolute Gasteiger partial charge is 0.362 e. The minimum absolute atomic E-state index is 0.0397. The predicted molar refractivity (Wildman–Crippen MR) is 74.8 cm³/mol. The van der Waals surface area contributed by atoms with Gasteiger partial charge in [-0.15, -0.1) is 0 Å². The summed E-state index contributed by atoms with van der Waals surface area (Å²) in [4.78, 5) is 15.8. The van der Waals surface area contributed by atoms with Gasteiger partial charge in [-0.25, -0.2) is 0 Å². The molecule has 2 heterocycles. The SMILES string of the molecule is CC1(CNc2nc3sccn3c2[N+](=O)[O-])CCCC1. The molecule has 0 saturated heterocycles. The molecule has 6 nitrogen and oxygen atoms in total. The van der Waals surface area contributed by atoms with Crippen molar-refractivity contribution in [1.29, 1.82) is 0 Å². The van der Waals surface area contributed by atoms with Gasteiger partial charge < -0.3 is 15.4 Å². The number of nitro groups is 1. The minimum Gasteiger partial charge on any atom is -0.362 e. The van der Waals surface area contributed by atoms with Gasteiger partial charge in [0.2, 0.25) is 5.82 Å². The molecule has 2 aromatic heterocycles. The Morgan fingerprint density at radius 2 is 2.32 bits per heavy atom. The number of aromatic nitrogens is 2. The van der Waals surface area contributed by atoms with Gasteiger partial charge >= 0.3 is 5.82 Å². The van der Waals surface area contributed by atoms with Crippen molar-refractivity contribution in [1.82, 2.24) is 9.38 Å². The Morgan fingerprint density at radius 3 is 3.00 bits per heavy atom. The van der Waals surface area contributed by atoms with E-state index in [0.717, 1.165) is 6.54 Å². The number of nitrogens with zero attached hydrogens (tertiary/aromatic N) is 3. The van der Waals surface area contributed by atoms with Gasteiger partial charge in [-0.3, -0.25) is 0 Å². The van der Waals surface area contributed by atoms with Crippen LogP contribution < -0.4 is 5.32 Å². The van der Waals surface area contributed by atoms with Crippen molar-refractivity contribution >= 4 is 27.9 Å². The van der Waals surface area contributed by atoms with Crippen LogP contribution >= 0.6 is 11.3 Å². The minimum atomic E-state index is -0.369. The van der Waals surface area contributed by atoms with Gasteiger partial charge in [0, 0.05) is 11.9 Å². The lowest BCUT2D eigenvalue weighted by atomic mass is 9.89.